The monoisotopic (exact) mass is 713 g/mol. The first-order chi connectivity index (χ1) is 27.2. The molecule has 266 valence electrons. The molecule has 0 saturated carbocycles. The normalized spacial score (nSPS) is 11.6. The largest absolute Gasteiger partial charge is 0.323 e. The summed E-state index contributed by atoms with van der Waals surface area (Å²) in [6.45, 7) is 2.90. The average molecular weight is 714 g/mol. The summed E-state index contributed by atoms with van der Waals surface area (Å²) in [6.07, 6.45) is 3.81. The Balaban J connectivity index is 1.13. The van der Waals surface area contributed by atoms with Gasteiger partial charge in [0, 0.05) is 24.1 Å². The standard InChI is InChI=1S/C48H39N7/c1-2-17-46-50-44-33-49-43(37-18-7-3-8-19-37)32-45(44)54(46)34-35-28-30-36(31-29-35)41-26-15-16-27-42(41)47-51-52-53-55(47)48(38-20-9-4-10-21-38,39-22-11-5-12-23-39)40-24-13-6-14-25-40/h3-16,18-33H,2,17,34H2,1H3. The molecule has 9 aromatic rings. The van der Waals surface area contributed by atoms with Crippen molar-refractivity contribution in [3.8, 4) is 33.8 Å². The molecule has 0 atom stereocenters. The summed E-state index contributed by atoms with van der Waals surface area (Å²) in [7, 11) is 0. The van der Waals surface area contributed by atoms with Gasteiger partial charge in [0.1, 0.15) is 16.9 Å². The lowest BCUT2D eigenvalue weighted by atomic mass is 9.77. The minimum Gasteiger partial charge on any atom is -0.323 e. The van der Waals surface area contributed by atoms with Gasteiger partial charge in [0.05, 0.1) is 17.4 Å². The van der Waals surface area contributed by atoms with Crippen molar-refractivity contribution in [2.45, 2.75) is 31.8 Å². The molecular formula is C48H39N7. The highest BCUT2D eigenvalue weighted by atomic mass is 15.6. The van der Waals surface area contributed by atoms with E-state index in [-0.39, 0.29) is 0 Å². The van der Waals surface area contributed by atoms with Gasteiger partial charge in [-0.05, 0) is 56.3 Å². The van der Waals surface area contributed by atoms with E-state index in [2.05, 4.69) is 156 Å². The van der Waals surface area contributed by atoms with Crippen molar-refractivity contribution >= 4 is 11.0 Å². The number of imidazole rings is 1. The Morgan fingerprint density at radius 1 is 0.582 bits per heavy atom. The Kier molecular flexibility index (Phi) is 9.10. The predicted octanol–water partition coefficient (Wildman–Crippen LogP) is 10.3. The van der Waals surface area contributed by atoms with Crippen molar-refractivity contribution in [1.29, 1.82) is 0 Å². The number of tetrazole rings is 1. The fourth-order valence-corrected chi connectivity index (χ4v) is 7.82. The maximum absolute atomic E-state index is 5.01. The number of pyridine rings is 1. The average Bonchev–Trinajstić information content (AvgIpc) is 3.88. The molecule has 3 heterocycles. The zero-order valence-corrected chi connectivity index (χ0v) is 30.6. The molecule has 0 aliphatic carbocycles. The molecule has 0 fully saturated rings. The summed E-state index contributed by atoms with van der Waals surface area (Å²) in [5.41, 5.74) is 10.7. The number of hydrogen-bond acceptors (Lipinski definition) is 5. The van der Waals surface area contributed by atoms with Crippen molar-refractivity contribution < 1.29 is 0 Å². The van der Waals surface area contributed by atoms with Crippen molar-refractivity contribution in [3.63, 3.8) is 0 Å². The third-order valence-corrected chi connectivity index (χ3v) is 10.4. The van der Waals surface area contributed by atoms with Gasteiger partial charge < -0.3 is 4.57 Å². The number of fused-ring (bicyclic) bond motifs is 1. The fourth-order valence-electron chi connectivity index (χ4n) is 7.82. The van der Waals surface area contributed by atoms with Gasteiger partial charge in [0.15, 0.2) is 5.82 Å². The SMILES string of the molecule is CCCc1nc2cnc(-c3ccccc3)cc2n1Cc1ccc(-c2ccccc2-c2nnnn2C(c2ccccc2)(c2ccccc2)c2ccccc2)cc1. The molecule has 0 radical (unpaired) electrons. The van der Waals surface area contributed by atoms with Gasteiger partial charge in [-0.1, -0.05) is 177 Å². The highest BCUT2D eigenvalue weighted by molar-refractivity contribution is 5.82. The second kappa shape index (κ2) is 14.8. The summed E-state index contributed by atoms with van der Waals surface area (Å²) in [5, 5.41) is 13.9. The minimum atomic E-state index is -0.848. The van der Waals surface area contributed by atoms with Crippen LogP contribution < -0.4 is 0 Å². The fraction of sp³-hybridized carbons (Fsp3) is 0.104. The third kappa shape index (κ3) is 6.19. The van der Waals surface area contributed by atoms with Crippen LogP contribution in [0.5, 0.6) is 0 Å². The number of rotatable bonds is 11. The van der Waals surface area contributed by atoms with Crippen LogP contribution in [0.4, 0.5) is 0 Å². The Morgan fingerprint density at radius 3 is 1.75 bits per heavy atom. The predicted molar refractivity (Wildman–Crippen MR) is 219 cm³/mol. The van der Waals surface area contributed by atoms with Gasteiger partial charge in [-0.15, -0.1) is 5.10 Å². The highest BCUT2D eigenvalue weighted by Crippen LogP contribution is 2.43. The van der Waals surface area contributed by atoms with Crippen LogP contribution in [0.15, 0.2) is 182 Å². The second-order valence-corrected chi connectivity index (χ2v) is 13.8. The van der Waals surface area contributed by atoms with E-state index < -0.39 is 5.54 Å². The Bertz CT molecular complexity index is 2570. The van der Waals surface area contributed by atoms with Crippen LogP contribution in [0.1, 0.15) is 41.4 Å². The quantitative estimate of drug-likeness (QED) is 0.125. The van der Waals surface area contributed by atoms with E-state index in [0.29, 0.717) is 12.4 Å². The minimum absolute atomic E-state index is 0.674. The summed E-state index contributed by atoms with van der Waals surface area (Å²) in [4.78, 5) is 9.77. The topological polar surface area (TPSA) is 74.3 Å². The first kappa shape index (κ1) is 33.8. The molecule has 0 aliphatic heterocycles. The molecule has 0 N–H and O–H groups in total. The van der Waals surface area contributed by atoms with Crippen molar-refractivity contribution in [2.75, 3.05) is 0 Å². The van der Waals surface area contributed by atoms with Gasteiger partial charge in [-0.25, -0.2) is 9.67 Å². The van der Waals surface area contributed by atoms with Gasteiger partial charge >= 0.3 is 0 Å². The lowest BCUT2D eigenvalue weighted by Crippen LogP contribution is -2.39. The number of aromatic nitrogens is 7. The molecule has 55 heavy (non-hydrogen) atoms. The Morgan fingerprint density at radius 2 is 1.15 bits per heavy atom. The number of benzene rings is 6. The Hall–Kier alpha value is -6.99. The molecule has 7 nitrogen and oxygen atoms in total. The van der Waals surface area contributed by atoms with E-state index in [1.165, 1.54) is 5.56 Å². The van der Waals surface area contributed by atoms with Crippen LogP contribution in [0.3, 0.4) is 0 Å². The second-order valence-electron chi connectivity index (χ2n) is 13.8. The maximum Gasteiger partial charge on any atom is 0.184 e. The van der Waals surface area contributed by atoms with E-state index in [1.807, 2.05) is 47.3 Å². The molecule has 9 rings (SSSR count). The van der Waals surface area contributed by atoms with Crippen LogP contribution in [0, 0.1) is 0 Å². The number of hydrogen-bond donors (Lipinski definition) is 0. The van der Waals surface area contributed by atoms with E-state index in [4.69, 9.17) is 20.3 Å². The highest BCUT2D eigenvalue weighted by Gasteiger charge is 2.42. The summed E-state index contributed by atoms with van der Waals surface area (Å²) >= 11 is 0. The molecule has 3 aromatic heterocycles. The van der Waals surface area contributed by atoms with Crippen LogP contribution >= 0.6 is 0 Å². The molecule has 7 heteroatoms. The summed E-state index contributed by atoms with van der Waals surface area (Å²) in [6, 6.07) is 61.3. The maximum atomic E-state index is 5.01. The summed E-state index contributed by atoms with van der Waals surface area (Å²) in [5.74, 6) is 1.75. The van der Waals surface area contributed by atoms with E-state index in [9.17, 15) is 0 Å². The molecule has 6 aromatic carbocycles. The van der Waals surface area contributed by atoms with Crippen LogP contribution in [0.2, 0.25) is 0 Å². The van der Waals surface area contributed by atoms with Gasteiger partial charge in [-0.2, -0.15) is 0 Å². The van der Waals surface area contributed by atoms with Crippen molar-refractivity contribution in [3.05, 3.63) is 210 Å². The van der Waals surface area contributed by atoms with Gasteiger partial charge in [-0.3, -0.25) is 4.98 Å². The van der Waals surface area contributed by atoms with Gasteiger partial charge in [0.25, 0.3) is 0 Å². The van der Waals surface area contributed by atoms with E-state index >= 15 is 0 Å². The lowest BCUT2D eigenvalue weighted by molar-refractivity contribution is 0.451. The van der Waals surface area contributed by atoms with E-state index in [0.717, 1.165) is 74.3 Å². The first-order valence-corrected chi connectivity index (χ1v) is 18.8. The van der Waals surface area contributed by atoms with Crippen LogP contribution in [0.25, 0.3) is 44.8 Å². The third-order valence-electron chi connectivity index (χ3n) is 10.4. The number of nitrogens with zero attached hydrogens (tertiary/aromatic N) is 7. The smallest absolute Gasteiger partial charge is 0.184 e. The molecule has 0 saturated heterocycles. The van der Waals surface area contributed by atoms with Crippen LogP contribution in [-0.4, -0.2) is 34.7 Å². The van der Waals surface area contributed by atoms with Crippen LogP contribution in [-0.2, 0) is 18.5 Å². The molecule has 0 aliphatic rings. The molecule has 0 spiro atoms. The molecule has 0 unspecified atom stereocenters. The van der Waals surface area contributed by atoms with E-state index in [1.54, 1.807) is 0 Å². The zero-order chi connectivity index (χ0) is 37.0. The molecular weight excluding hydrogens is 675 g/mol. The first-order valence-electron chi connectivity index (χ1n) is 18.8. The zero-order valence-electron chi connectivity index (χ0n) is 30.6. The number of aryl methyl sites for hydroxylation is 1. The van der Waals surface area contributed by atoms with Crippen molar-refractivity contribution in [2.24, 2.45) is 0 Å². The summed E-state index contributed by atoms with van der Waals surface area (Å²) < 4.78 is 4.35. The van der Waals surface area contributed by atoms with Gasteiger partial charge in [0.2, 0.25) is 0 Å². The molecule has 0 bridgehead atoms. The lowest BCUT2D eigenvalue weighted by Gasteiger charge is -2.36. The Labute approximate surface area is 320 Å². The molecule has 0 amide bonds. The van der Waals surface area contributed by atoms with Crippen molar-refractivity contribution in [1.82, 2.24) is 34.7 Å².